The Bertz CT molecular complexity index is 615. The summed E-state index contributed by atoms with van der Waals surface area (Å²) in [6.45, 7) is 1.66. The first kappa shape index (κ1) is 13.1. The van der Waals surface area contributed by atoms with E-state index in [0.717, 1.165) is 11.6 Å². The van der Waals surface area contributed by atoms with Crippen LogP contribution in [0.15, 0.2) is 42.5 Å². The van der Waals surface area contributed by atoms with Gasteiger partial charge in [0.2, 0.25) is 0 Å². The second-order valence-electron chi connectivity index (χ2n) is 4.10. The van der Waals surface area contributed by atoms with Crippen molar-refractivity contribution in [3.8, 4) is 17.6 Å². The van der Waals surface area contributed by atoms with Crippen LogP contribution in [0.25, 0.3) is 0 Å². The first-order chi connectivity index (χ1) is 9.10. The molecule has 0 fully saturated rings. The molecule has 19 heavy (non-hydrogen) atoms. The van der Waals surface area contributed by atoms with Gasteiger partial charge >= 0.3 is 0 Å². The maximum absolute atomic E-state index is 13.6. The predicted octanol–water partition coefficient (Wildman–Crippen LogP) is 3.54. The highest BCUT2D eigenvalue weighted by Crippen LogP contribution is 2.26. The van der Waals surface area contributed by atoms with Gasteiger partial charge in [0.1, 0.15) is 5.75 Å². The fourth-order valence-corrected chi connectivity index (χ4v) is 1.59. The van der Waals surface area contributed by atoms with Crippen LogP contribution in [0, 0.1) is 17.1 Å². The Morgan fingerprint density at radius 2 is 1.89 bits per heavy atom. The van der Waals surface area contributed by atoms with Gasteiger partial charge in [-0.05, 0) is 42.8 Å². The van der Waals surface area contributed by atoms with Gasteiger partial charge in [-0.15, -0.1) is 0 Å². The van der Waals surface area contributed by atoms with Gasteiger partial charge in [0, 0.05) is 0 Å². The molecule has 3 nitrogen and oxygen atoms in total. The van der Waals surface area contributed by atoms with Crippen molar-refractivity contribution in [3.05, 3.63) is 59.4 Å². The van der Waals surface area contributed by atoms with Crippen LogP contribution in [0.4, 0.5) is 4.39 Å². The van der Waals surface area contributed by atoms with E-state index in [2.05, 4.69) is 0 Å². The summed E-state index contributed by atoms with van der Waals surface area (Å²) in [5.74, 6) is -0.0598. The molecule has 2 aromatic carbocycles. The molecule has 0 aliphatic heterocycles. The van der Waals surface area contributed by atoms with Crippen molar-refractivity contribution in [2.75, 3.05) is 0 Å². The van der Waals surface area contributed by atoms with Crippen LogP contribution >= 0.6 is 0 Å². The number of rotatable bonds is 3. The summed E-state index contributed by atoms with van der Waals surface area (Å²) in [5.41, 5.74) is 1.00. The van der Waals surface area contributed by atoms with E-state index in [1.807, 2.05) is 6.07 Å². The number of halogens is 1. The summed E-state index contributed by atoms with van der Waals surface area (Å²) in [4.78, 5) is 0. The monoisotopic (exact) mass is 257 g/mol. The molecule has 2 aromatic rings. The van der Waals surface area contributed by atoms with E-state index >= 15 is 0 Å². The second kappa shape index (κ2) is 5.51. The zero-order valence-electron chi connectivity index (χ0n) is 10.3. The van der Waals surface area contributed by atoms with Crippen LogP contribution in [0.3, 0.4) is 0 Å². The van der Waals surface area contributed by atoms with Crippen molar-refractivity contribution in [1.82, 2.24) is 0 Å². The minimum absolute atomic E-state index is 0.0591. The second-order valence-corrected chi connectivity index (χ2v) is 4.10. The molecule has 0 saturated heterocycles. The Hall–Kier alpha value is -2.38. The molecule has 0 aromatic heterocycles. The van der Waals surface area contributed by atoms with Gasteiger partial charge in [-0.25, -0.2) is 4.39 Å². The van der Waals surface area contributed by atoms with E-state index in [1.165, 1.54) is 12.1 Å². The molecule has 0 aliphatic rings. The summed E-state index contributed by atoms with van der Waals surface area (Å²) >= 11 is 0. The van der Waals surface area contributed by atoms with E-state index in [1.54, 1.807) is 31.2 Å². The molecule has 1 N–H and O–H groups in total. The third-order valence-electron chi connectivity index (χ3n) is 2.65. The SMILES string of the molecule is C[C@@H](O)c1ccc(Oc2ccc(C#N)cc2F)cc1. The number of aliphatic hydroxyl groups excluding tert-OH is 1. The standard InChI is InChI=1S/C15H12FNO2/c1-10(18)12-3-5-13(6-4-12)19-15-7-2-11(9-17)8-14(15)16/h2-8,10,18H,1H3/t10-/m1/s1. The zero-order valence-corrected chi connectivity index (χ0v) is 10.3. The minimum atomic E-state index is -0.585. The number of benzene rings is 2. The molecular weight excluding hydrogens is 245 g/mol. The maximum atomic E-state index is 13.6. The number of hydrogen-bond donors (Lipinski definition) is 1. The lowest BCUT2D eigenvalue weighted by Crippen LogP contribution is -1.92. The van der Waals surface area contributed by atoms with Crippen molar-refractivity contribution < 1.29 is 14.2 Å². The van der Waals surface area contributed by atoms with Crippen LogP contribution in [-0.2, 0) is 0 Å². The summed E-state index contributed by atoms with van der Waals surface area (Å²) in [6.07, 6.45) is -0.555. The Morgan fingerprint density at radius 1 is 1.21 bits per heavy atom. The summed E-state index contributed by atoms with van der Waals surface area (Å²) < 4.78 is 19.0. The van der Waals surface area contributed by atoms with Crippen LogP contribution in [-0.4, -0.2) is 5.11 Å². The molecule has 0 aliphatic carbocycles. The van der Waals surface area contributed by atoms with E-state index in [-0.39, 0.29) is 11.3 Å². The molecule has 0 spiro atoms. The van der Waals surface area contributed by atoms with Crippen LogP contribution in [0.2, 0.25) is 0 Å². The average molecular weight is 257 g/mol. The fraction of sp³-hybridized carbons (Fsp3) is 0.133. The van der Waals surface area contributed by atoms with Gasteiger partial charge in [0.15, 0.2) is 11.6 Å². The molecule has 96 valence electrons. The topological polar surface area (TPSA) is 53.2 Å². The number of nitriles is 1. The average Bonchev–Trinajstić information content (AvgIpc) is 2.41. The van der Waals surface area contributed by atoms with Gasteiger partial charge in [-0.3, -0.25) is 0 Å². The smallest absolute Gasteiger partial charge is 0.167 e. The van der Waals surface area contributed by atoms with Crippen LogP contribution in [0.5, 0.6) is 11.5 Å². The molecule has 0 unspecified atom stereocenters. The first-order valence-electron chi connectivity index (χ1n) is 5.75. The zero-order chi connectivity index (χ0) is 13.8. The molecule has 0 amide bonds. The maximum Gasteiger partial charge on any atom is 0.167 e. The third kappa shape index (κ3) is 3.09. The number of aliphatic hydroxyl groups is 1. The Labute approximate surface area is 110 Å². The lowest BCUT2D eigenvalue weighted by Gasteiger charge is -2.09. The molecule has 4 heteroatoms. The summed E-state index contributed by atoms with van der Waals surface area (Å²) in [6, 6.07) is 12.6. The lowest BCUT2D eigenvalue weighted by atomic mass is 10.1. The van der Waals surface area contributed by atoms with Gasteiger partial charge in [0.05, 0.1) is 17.7 Å². The molecular formula is C15H12FNO2. The summed E-state index contributed by atoms with van der Waals surface area (Å²) in [5, 5.41) is 18.0. The Balaban J connectivity index is 2.19. The molecule has 0 heterocycles. The van der Waals surface area contributed by atoms with Crippen molar-refractivity contribution >= 4 is 0 Å². The van der Waals surface area contributed by atoms with Gasteiger partial charge < -0.3 is 9.84 Å². The van der Waals surface area contributed by atoms with E-state index in [0.29, 0.717) is 5.75 Å². The Kier molecular flexibility index (Phi) is 3.79. The lowest BCUT2D eigenvalue weighted by molar-refractivity contribution is 0.199. The summed E-state index contributed by atoms with van der Waals surface area (Å²) in [7, 11) is 0. The van der Waals surface area contributed by atoms with E-state index in [9.17, 15) is 9.50 Å². The van der Waals surface area contributed by atoms with E-state index in [4.69, 9.17) is 10.00 Å². The Morgan fingerprint density at radius 3 is 2.42 bits per heavy atom. The van der Waals surface area contributed by atoms with Crippen molar-refractivity contribution in [3.63, 3.8) is 0 Å². The number of ether oxygens (including phenoxy) is 1. The van der Waals surface area contributed by atoms with Gasteiger partial charge in [0.25, 0.3) is 0 Å². The minimum Gasteiger partial charge on any atom is -0.454 e. The quantitative estimate of drug-likeness (QED) is 0.914. The van der Waals surface area contributed by atoms with Crippen molar-refractivity contribution in [2.45, 2.75) is 13.0 Å². The molecule has 2 rings (SSSR count). The third-order valence-corrected chi connectivity index (χ3v) is 2.65. The molecule has 0 radical (unpaired) electrons. The predicted molar refractivity (Wildman–Crippen MR) is 68.3 cm³/mol. The van der Waals surface area contributed by atoms with Gasteiger partial charge in [-0.2, -0.15) is 5.26 Å². The fourth-order valence-electron chi connectivity index (χ4n) is 1.59. The van der Waals surface area contributed by atoms with Crippen LogP contribution in [0.1, 0.15) is 24.2 Å². The first-order valence-corrected chi connectivity index (χ1v) is 5.75. The van der Waals surface area contributed by atoms with Crippen molar-refractivity contribution in [1.29, 1.82) is 5.26 Å². The number of nitrogens with zero attached hydrogens (tertiary/aromatic N) is 1. The number of hydrogen-bond acceptors (Lipinski definition) is 3. The van der Waals surface area contributed by atoms with Crippen molar-refractivity contribution in [2.24, 2.45) is 0 Å². The highest BCUT2D eigenvalue weighted by Gasteiger charge is 2.07. The molecule has 0 saturated carbocycles. The van der Waals surface area contributed by atoms with E-state index < -0.39 is 11.9 Å². The largest absolute Gasteiger partial charge is 0.454 e. The van der Waals surface area contributed by atoms with Crippen LogP contribution < -0.4 is 4.74 Å². The molecule has 0 bridgehead atoms. The molecule has 1 atom stereocenters. The van der Waals surface area contributed by atoms with Gasteiger partial charge in [-0.1, -0.05) is 12.1 Å². The normalized spacial score (nSPS) is 11.7. The highest BCUT2D eigenvalue weighted by molar-refractivity contribution is 5.39. The highest BCUT2D eigenvalue weighted by atomic mass is 19.1.